The molecule has 38 heavy (non-hydrogen) atoms. The lowest BCUT2D eigenvalue weighted by atomic mass is 9.98. The van der Waals surface area contributed by atoms with E-state index >= 15 is 0 Å². The third kappa shape index (κ3) is 6.48. The second kappa shape index (κ2) is 12.1. The number of hydrogen-bond donors (Lipinski definition) is 3. The van der Waals surface area contributed by atoms with Crippen LogP contribution in [0.25, 0.3) is 0 Å². The quantitative estimate of drug-likeness (QED) is 0.440. The van der Waals surface area contributed by atoms with Gasteiger partial charge in [0, 0.05) is 56.3 Å². The van der Waals surface area contributed by atoms with Gasteiger partial charge in [0.25, 0.3) is 5.91 Å². The van der Waals surface area contributed by atoms with E-state index < -0.39 is 11.8 Å². The summed E-state index contributed by atoms with van der Waals surface area (Å²) < 4.78 is 18.9. The van der Waals surface area contributed by atoms with Gasteiger partial charge in [0.1, 0.15) is 5.82 Å². The molecule has 1 saturated heterocycles. The van der Waals surface area contributed by atoms with E-state index in [2.05, 4.69) is 43.9 Å². The van der Waals surface area contributed by atoms with Crippen LogP contribution in [0.4, 0.5) is 26.2 Å². The Kier molecular flexibility index (Phi) is 8.15. The fourth-order valence-corrected chi connectivity index (χ4v) is 4.88. The number of rotatable bonds is 7. The van der Waals surface area contributed by atoms with E-state index in [9.17, 15) is 14.0 Å². The molecule has 2 aliphatic heterocycles. The highest BCUT2D eigenvalue weighted by atomic mass is 19.1. The molecule has 0 aliphatic carbocycles. The van der Waals surface area contributed by atoms with Gasteiger partial charge in [-0.25, -0.2) is 9.18 Å². The molecular formula is C29H32FN5O3. The lowest BCUT2D eigenvalue weighted by molar-refractivity contribution is 0.0383. The SMILES string of the molecule is O=C(Nc1cccc(F)c1)Nc1ccc(N2CCc3ccccc3C2)c(C(=O)NCCN2CCOCC2)c1. The number of carbonyl (C=O) groups is 2. The first-order chi connectivity index (χ1) is 18.5. The van der Waals surface area contributed by atoms with Crippen molar-refractivity contribution in [3.05, 3.63) is 89.2 Å². The third-order valence-corrected chi connectivity index (χ3v) is 6.87. The van der Waals surface area contributed by atoms with Crippen molar-refractivity contribution in [1.29, 1.82) is 0 Å². The topological polar surface area (TPSA) is 85.9 Å². The Bertz CT molecular complexity index is 1290. The fourth-order valence-electron chi connectivity index (χ4n) is 4.88. The summed E-state index contributed by atoms with van der Waals surface area (Å²) in [7, 11) is 0. The minimum Gasteiger partial charge on any atom is -0.379 e. The Hall–Kier alpha value is -3.95. The third-order valence-electron chi connectivity index (χ3n) is 6.87. The van der Waals surface area contributed by atoms with Crippen LogP contribution in [0.5, 0.6) is 0 Å². The van der Waals surface area contributed by atoms with E-state index in [0.29, 0.717) is 43.2 Å². The maximum atomic E-state index is 13.5. The number of hydrogen-bond acceptors (Lipinski definition) is 5. The summed E-state index contributed by atoms with van der Waals surface area (Å²) in [6.07, 6.45) is 0.893. The minimum atomic E-state index is -0.520. The molecule has 0 spiro atoms. The largest absolute Gasteiger partial charge is 0.379 e. The summed E-state index contributed by atoms with van der Waals surface area (Å²) in [4.78, 5) is 30.5. The van der Waals surface area contributed by atoms with E-state index in [4.69, 9.17) is 4.74 Å². The number of morpholine rings is 1. The van der Waals surface area contributed by atoms with Crippen molar-refractivity contribution in [3.8, 4) is 0 Å². The van der Waals surface area contributed by atoms with E-state index in [1.54, 1.807) is 18.2 Å². The van der Waals surface area contributed by atoms with Crippen molar-refractivity contribution in [2.24, 2.45) is 0 Å². The average molecular weight is 518 g/mol. The second-order valence-electron chi connectivity index (χ2n) is 9.47. The average Bonchev–Trinajstić information content (AvgIpc) is 2.93. The molecule has 0 bridgehead atoms. The highest BCUT2D eigenvalue weighted by Crippen LogP contribution is 2.29. The first kappa shape index (κ1) is 25.7. The Morgan fingerprint density at radius 3 is 2.42 bits per heavy atom. The molecule has 0 atom stereocenters. The van der Waals surface area contributed by atoms with Gasteiger partial charge >= 0.3 is 6.03 Å². The van der Waals surface area contributed by atoms with Gasteiger partial charge in [0.2, 0.25) is 0 Å². The summed E-state index contributed by atoms with van der Waals surface area (Å²) in [6, 6.07) is 18.9. The molecule has 0 aromatic heterocycles. The number of carbonyl (C=O) groups excluding carboxylic acids is 2. The zero-order valence-electron chi connectivity index (χ0n) is 21.2. The van der Waals surface area contributed by atoms with Crippen molar-refractivity contribution >= 4 is 29.0 Å². The Labute approximate surface area is 221 Å². The van der Waals surface area contributed by atoms with Crippen molar-refractivity contribution < 1.29 is 18.7 Å². The first-order valence-electron chi connectivity index (χ1n) is 12.9. The van der Waals surface area contributed by atoms with E-state index in [0.717, 1.165) is 38.3 Å². The summed E-state index contributed by atoms with van der Waals surface area (Å²) >= 11 is 0. The number of amides is 3. The molecule has 0 radical (unpaired) electrons. The monoisotopic (exact) mass is 517 g/mol. The zero-order chi connectivity index (χ0) is 26.3. The van der Waals surface area contributed by atoms with Crippen molar-refractivity contribution in [3.63, 3.8) is 0 Å². The van der Waals surface area contributed by atoms with Gasteiger partial charge in [-0.15, -0.1) is 0 Å². The maximum Gasteiger partial charge on any atom is 0.323 e. The van der Waals surface area contributed by atoms with Crippen LogP contribution in [0, 0.1) is 5.82 Å². The number of urea groups is 1. The molecule has 3 aromatic rings. The number of anilines is 3. The van der Waals surface area contributed by atoms with Crippen LogP contribution >= 0.6 is 0 Å². The molecule has 3 aromatic carbocycles. The molecule has 2 aliphatic rings. The normalized spacial score (nSPS) is 15.4. The van der Waals surface area contributed by atoms with Crippen LogP contribution in [0.2, 0.25) is 0 Å². The second-order valence-corrected chi connectivity index (χ2v) is 9.47. The number of halogens is 1. The molecule has 9 heteroatoms. The smallest absolute Gasteiger partial charge is 0.323 e. The molecule has 0 unspecified atom stereocenters. The number of nitrogens with one attached hydrogen (secondary N) is 3. The van der Waals surface area contributed by atoms with Gasteiger partial charge in [0.05, 0.1) is 18.8 Å². The minimum absolute atomic E-state index is 0.193. The zero-order valence-corrected chi connectivity index (χ0v) is 21.2. The highest BCUT2D eigenvalue weighted by molar-refractivity contribution is 6.04. The molecule has 0 saturated carbocycles. The van der Waals surface area contributed by atoms with Crippen LogP contribution in [0.1, 0.15) is 21.5 Å². The van der Waals surface area contributed by atoms with Crippen LogP contribution in [-0.2, 0) is 17.7 Å². The summed E-state index contributed by atoms with van der Waals surface area (Å²) in [5, 5.41) is 8.44. The molecular weight excluding hydrogens is 485 g/mol. The van der Waals surface area contributed by atoms with E-state index in [1.165, 1.54) is 29.3 Å². The predicted molar refractivity (Wildman–Crippen MR) is 146 cm³/mol. The number of fused-ring (bicyclic) bond motifs is 1. The number of benzene rings is 3. The number of ether oxygens (including phenoxy) is 1. The fraction of sp³-hybridized carbons (Fsp3) is 0.310. The molecule has 2 heterocycles. The van der Waals surface area contributed by atoms with Gasteiger partial charge in [-0.1, -0.05) is 30.3 Å². The van der Waals surface area contributed by atoms with Gasteiger partial charge in [0.15, 0.2) is 0 Å². The summed E-state index contributed by atoms with van der Waals surface area (Å²) in [5.74, 6) is -0.632. The van der Waals surface area contributed by atoms with Gasteiger partial charge in [-0.05, 0) is 53.9 Å². The molecule has 198 valence electrons. The van der Waals surface area contributed by atoms with Crippen LogP contribution in [0.3, 0.4) is 0 Å². The van der Waals surface area contributed by atoms with Crippen LogP contribution in [0.15, 0.2) is 66.7 Å². The van der Waals surface area contributed by atoms with Crippen molar-refractivity contribution in [2.45, 2.75) is 13.0 Å². The molecule has 1 fully saturated rings. The Morgan fingerprint density at radius 1 is 0.868 bits per heavy atom. The number of nitrogens with zero attached hydrogens (tertiary/aromatic N) is 2. The first-order valence-corrected chi connectivity index (χ1v) is 12.9. The Balaban J connectivity index is 1.32. The van der Waals surface area contributed by atoms with Gasteiger partial charge in [-0.3, -0.25) is 9.69 Å². The predicted octanol–water partition coefficient (Wildman–Crippen LogP) is 4.09. The van der Waals surface area contributed by atoms with Crippen LogP contribution < -0.4 is 20.9 Å². The van der Waals surface area contributed by atoms with Crippen LogP contribution in [-0.4, -0.2) is 62.8 Å². The van der Waals surface area contributed by atoms with Gasteiger partial charge in [-0.2, -0.15) is 0 Å². The summed E-state index contributed by atoms with van der Waals surface area (Å²) in [6.45, 7) is 5.88. The molecule has 3 N–H and O–H groups in total. The lowest BCUT2D eigenvalue weighted by Gasteiger charge is -2.32. The highest BCUT2D eigenvalue weighted by Gasteiger charge is 2.22. The standard InChI is InChI=1S/C29H32FN5O3/c30-23-6-3-7-24(18-23)32-29(37)33-25-8-9-27(35-12-10-21-4-1-2-5-22(21)20-35)26(19-25)28(36)31-11-13-34-14-16-38-17-15-34/h1-9,18-19H,10-17,20H2,(H,31,36)(H2,32,33,37). The van der Waals surface area contributed by atoms with E-state index in [-0.39, 0.29) is 5.91 Å². The van der Waals surface area contributed by atoms with Crippen molar-refractivity contribution in [2.75, 3.05) is 61.5 Å². The lowest BCUT2D eigenvalue weighted by Crippen LogP contribution is -2.41. The molecule has 5 rings (SSSR count). The van der Waals surface area contributed by atoms with Crippen molar-refractivity contribution in [1.82, 2.24) is 10.2 Å². The maximum absolute atomic E-state index is 13.5. The van der Waals surface area contributed by atoms with Gasteiger partial charge < -0.3 is 25.6 Å². The Morgan fingerprint density at radius 2 is 1.63 bits per heavy atom. The molecule has 8 nitrogen and oxygen atoms in total. The molecule has 3 amide bonds. The van der Waals surface area contributed by atoms with E-state index in [1.807, 2.05) is 12.1 Å². The summed E-state index contributed by atoms with van der Waals surface area (Å²) in [5.41, 5.74) is 4.70.